The van der Waals surface area contributed by atoms with Crippen LogP contribution in [0.25, 0.3) is 0 Å². The second-order valence-electron chi connectivity index (χ2n) is 10.3. The SMILES string of the molecule is CCCCCCCCCCCCOC1(OC(C)CCCCCC)C=CC(/N=N/c2ccccc2)C=C1. The Morgan fingerprint density at radius 1 is 0.750 bits per heavy atom. The molecule has 0 amide bonds. The zero-order valence-electron chi connectivity index (χ0n) is 23.4. The average molecular weight is 497 g/mol. The second-order valence-corrected chi connectivity index (χ2v) is 10.3. The molecular formula is C32H52N2O2. The van der Waals surface area contributed by atoms with E-state index >= 15 is 0 Å². The highest BCUT2D eigenvalue weighted by atomic mass is 16.7. The third-order valence-electron chi connectivity index (χ3n) is 6.79. The first-order valence-electron chi connectivity index (χ1n) is 14.8. The molecule has 0 aromatic heterocycles. The summed E-state index contributed by atoms with van der Waals surface area (Å²) in [6.45, 7) is 7.41. The number of benzene rings is 1. The van der Waals surface area contributed by atoms with Crippen LogP contribution in [-0.2, 0) is 9.47 Å². The maximum absolute atomic E-state index is 6.49. The van der Waals surface area contributed by atoms with Crippen LogP contribution in [0.4, 0.5) is 5.69 Å². The molecule has 202 valence electrons. The van der Waals surface area contributed by atoms with Crippen LogP contribution in [0, 0.1) is 0 Å². The van der Waals surface area contributed by atoms with Gasteiger partial charge in [0.25, 0.3) is 0 Å². The van der Waals surface area contributed by atoms with Crippen LogP contribution in [-0.4, -0.2) is 24.5 Å². The van der Waals surface area contributed by atoms with E-state index in [1.165, 1.54) is 83.5 Å². The summed E-state index contributed by atoms with van der Waals surface area (Å²) in [6, 6.07) is 9.77. The highest BCUT2D eigenvalue weighted by molar-refractivity contribution is 5.35. The normalized spacial score (nSPS) is 20.4. The fourth-order valence-corrected chi connectivity index (χ4v) is 4.55. The fraction of sp³-hybridized carbons (Fsp3) is 0.688. The molecule has 0 radical (unpaired) electrons. The van der Waals surface area contributed by atoms with E-state index in [1.807, 2.05) is 42.5 Å². The lowest BCUT2D eigenvalue weighted by Crippen LogP contribution is -2.37. The molecule has 0 spiro atoms. The van der Waals surface area contributed by atoms with Crippen LogP contribution in [0.15, 0.2) is 64.9 Å². The lowest BCUT2D eigenvalue weighted by molar-refractivity contribution is -0.197. The zero-order valence-corrected chi connectivity index (χ0v) is 23.4. The van der Waals surface area contributed by atoms with Crippen molar-refractivity contribution in [2.45, 2.75) is 135 Å². The molecule has 0 saturated heterocycles. The van der Waals surface area contributed by atoms with Crippen molar-refractivity contribution in [1.29, 1.82) is 0 Å². The van der Waals surface area contributed by atoms with Gasteiger partial charge in [-0.1, -0.05) is 128 Å². The van der Waals surface area contributed by atoms with Gasteiger partial charge in [-0.25, -0.2) is 0 Å². The maximum Gasteiger partial charge on any atom is 0.208 e. The summed E-state index contributed by atoms with van der Waals surface area (Å²) >= 11 is 0. The van der Waals surface area contributed by atoms with Crippen LogP contribution in [0.5, 0.6) is 0 Å². The number of hydrogen-bond donors (Lipinski definition) is 0. The molecule has 0 heterocycles. The number of rotatable bonds is 21. The van der Waals surface area contributed by atoms with Crippen molar-refractivity contribution in [3.8, 4) is 0 Å². The predicted octanol–water partition coefficient (Wildman–Crippen LogP) is 10.3. The van der Waals surface area contributed by atoms with Gasteiger partial charge in [0.2, 0.25) is 5.79 Å². The van der Waals surface area contributed by atoms with Crippen LogP contribution in [0.2, 0.25) is 0 Å². The molecule has 4 heteroatoms. The minimum absolute atomic E-state index is 0.0947. The van der Waals surface area contributed by atoms with Gasteiger partial charge in [0.15, 0.2) is 0 Å². The first-order valence-corrected chi connectivity index (χ1v) is 14.8. The van der Waals surface area contributed by atoms with E-state index in [2.05, 4.69) is 43.2 Å². The summed E-state index contributed by atoms with van der Waals surface area (Å²) in [5, 5.41) is 8.84. The smallest absolute Gasteiger partial charge is 0.208 e. The van der Waals surface area contributed by atoms with E-state index in [-0.39, 0.29) is 12.1 Å². The van der Waals surface area contributed by atoms with E-state index < -0.39 is 5.79 Å². The number of hydrogen-bond acceptors (Lipinski definition) is 4. The van der Waals surface area contributed by atoms with Gasteiger partial charge in [-0.05, 0) is 44.1 Å². The summed E-state index contributed by atoms with van der Waals surface area (Å²) < 4.78 is 12.9. The monoisotopic (exact) mass is 496 g/mol. The quantitative estimate of drug-likeness (QED) is 0.0735. The molecule has 1 aromatic carbocycles. The Morgan fingerprint density at radius 3 is 1.92 bits per heavy atom. The maximum atomic E-state index is 6.49. The third kappa shape index (κ3) is 13.5. The second kappa shape index (κ2) is 19.3. The summed E-state index contributed by atoms with van der Waals surface area (Å²) in [4.78, 5) is 0. The van der Waals surface area contributed by atoms with Crippen LogP contribution < -0.4 is 0 Å². The van der Waals surface area contributed by atoms with E-state index in [0.717, 1.165) is 18.5 Å². The predicted molar refractivity (Wildman–Crippen MR) is 153 cm³/mol. The zero-order chi connectivity index (χ0) is 25.7. The molecule has 1 aromatic rings. The van der Waals surface area contributed by atoms with Crippen LogP contribution in [0.1, 0.15) is 117 Å². The fourth-order valence-electron chi connectivity index (χ4n) is 4.55. The average Bonchev–Trinajstić information content (AvgIpc) is 2.90. The van der Waals surface area contributed by atoms with Gasteiger partial charge in [-0.2, -0.15) is 10.2 Å². The molecule has 0 fully saturated rings. The highest BCUT2D eigenvalue weighted by Crippen LogP contribution is 2.27. The number of ether oxygens (including phenoxy) is 2. The van der Waals surface area contributed by atoms with Crippen molar-refractivity contribution in [2.24, 2.45) is 10.2 Å². The van der Waals surface area contributed by atoms with Gasteiger partial charge in [0, 0.05) is 0 Å². The Morgan fingerprint density at radius 2 is 1.31 bits per heavy atom. The summed E-state index contributed by atoms with van der Waals surface area (Å²) in [5.41, 5.74) is 0.866. The lowest BCUT2D eigenvalue weighted by Gasteiger charge is -2.33. The summed E-state index contributed by atoms with van der Waals surface area (Å²) in [6.07, 6.45) is 27.6. The Hall–Kier alpha value is -1.78. The molecule has 1 aliphatic carbocycles. The molecule has 0 aliphatic heterocycles. The van der Waals surface area contributed by atoms with Crippen LogP contribution >= 0.6 is 0 Å². The number of unbranched alkanes of at least 4 members (excludes halogenated alkanes) is 12. The summed E-state index contributed by atoms with van der Waals surface area (Å²) in [7, 11) is 0. The summed E-state index contributed by atoms with van der Waals surface area (Å²) in [5.74, 6) is -0.789. The Balaban J connectivity index is 1.79. The van der Waals surface area contributed by atoms with Crippen molar-refractivity contribution in [3.05, 3.63) is 54.6 Å². The number of azo groups is 1. The topological polar surface area (TPSA) is 43.2 Å². The van der Waals surface area contributed by atoms with Gasteiger partial charge < -0.3 is 9.47 Å². The van der Waals surface area contributed by atoms with Gasteiger partial charge >= 0.3 is 0 Å². The molecule has 0 N–H and O–H groups in total. The van der Waals surface area contributed by atoms with Gasteiger partial charge in [-0.15, -0.1) is 0 Å². The third-order valence-corrected chi connectivity index (χ3v) is 6.79. The Kier molecular flexibility index (Phi) is 16.4. The molecule has 1 aliphatic rings. The van der Waals surface area contributed by atoms with Crippen molar-refractivity contribution in [2.75, 3.05) is 6.61 Å². The van der Waals surface area contributed by atoms with Crippen molar-refractivity contribution >= 4 is 5.69 Å². The Labute approximate surface area is 221 Å². The van der Waals surface area contributed by atoms with Gasteiger partial charge in [0.05, 0.1) is 18.4 Å². The molecular weight excluding hydrogens is 444 g/mol. The molecule has 0 saturated carbocycles. The van der Waals surface area contributed by atoms with Crippen molar-refractivity contribution in [3.63, 3.8) is 0 Å². The number of nitrogens with zero attached hydrogens (tertiary/aromatic N) is 2. The minimum atomic E-state index is -0.789. The molecule has 1 atom stereocenters. The Bertz CT molecular complexity index is 730. The van der Waals surface area contributed by atoms with Gasteiger partial charge in [0.1, 0.15) is 6.04 Å². The standard InChI is InChI=1S/C32H52N2O2/c1-4-6-8-10-11-12-13-14-15-20-28-35-32(36-29(3)21-17-9-7-5-2)26-24-31(25-27-32)34-33-30-22-18-16-19-23-30/h16,18-19,22-27,29,31H,4-15,17,20-21,28H2,1-3H3/b34-33+. The van der Waals surface area contributed by atoms with Gasteiger partial charge in [-0.3, -0.25) is 0 Å². The van der Waals surface area contributed by atoms with Crippen molar-refractivity contribution in [1.82, 2.24) is 0 Å². The molecule has 2 rings (SSSR count). The first-order chi connectivity index (χ1) is 17.7. The highest BCUT2D eigenvalue weighted by Gasteiger charge is 2.31. The molecule has 36 heavy (non-hydrogen) atoms. The lowest BCUT2D eigenvalue weighted by atomic mass is 10.0. The largest absolute Gasteiger partial charge is 0.343 e. The van der Waals surface area contributed by atoms with E-state index in [1.54, 1.807) is 0 Å². The molecule has 0 bridgehead atoms. The van der Waals surface area contributed by atoms with Crippen molar-refractivity contribution < 1.29 is 9.47 Å². The minimum Gasteiger partial charge on any atom is -0.343 e. The van der Waals surface area contributed by atoms with E-state index in [9.17, 15) is 0 Å². The first kappa shape index (κ1) is 30.4. The van der Waals surface area contributed by atoms with E-state index in [0.29, 0.717) is 6.61 Å². The molecule has 1 unspecified atom stereocenters. The van der Waals surface area contributed by atoms with Crippen LogP contribution in [0.3, 0.4) is 0 Å². The van der Waals surface area contributed by atoms with E-state index in [4.69, 9.17) is 9.47 Å². The molecule has 4 nitrogen and oxygen atoms in total.